The summed E-state index contributed by atoms with van der Waals surface area (Å²) in [5.41, 5.74) is 2.05. The average Bonchev–Trinajstić information content (AvgIpc) is 2.82. The largest absolute Gasteiger partial charge is 0.487 e. The molecule has 2 saturated heterocycles. The highest BCUT2D eigenvalue weighted by Gasteiger charge is 2.29. The number of benzene rings is 2. The molecule has 0 aromatic heterocycles. The van der Waals surface area contributed by atoms with Gasteiger partial charge in [0.05, 0.1) is 5.69 Å². The lowest BCUT2D eigenvalue weighted by Gasteiger charge is -2.37. The van der Waals surface area contributed by atoms with Crippen LogP contribution in [0.15, 0.2) is 48.5 Å². The van der Waals surface area contributed by atoms with Gasteiger partial charge in [-0.1, -0.05) is 30.3 Å². The standard InChI is InChI=1S/C26H32N4O5/c1-26(2,3)35-25(33)29-15-13-28(14-16-29)21-10-9-20(30-12-11-23(31)27-24(30)32)17-22(21)34-18-19-7-5-4-6-8-19/h4-10,17H,11-16,18H2,1-3H3,(H,27,31,32). The number of carbonyl (C=O) groups is 3. The van der Waals surface area contributed by atoms with Gasteiger partial charge in [0.25, 0.3) is 0 Å². The normalized spacial score (nSPS) is 16.7. The first-order chi connectivity index (χ1) is 16.7. The molecule has 9 nitrogen and oxygen atoms in total. The number of carbonyl (C=O) groups excluding carboxylic acids is 3. The number of nitrogens with one attached hydrogen (secondary N) is 1. The maximum absolute atomic E-state index is 12.4. The lowest BCUT2D eigenvalue weighted by molar-refractivity contribution is -0.120. The minimum absolute atomic E-state index is 0.250. The first-order valence-electron chi connectivity index (χ1n) is 11.8. The van der Waals surface area contributed by atoms with Gasteiger partial charge in [0, 0.05) is 50.9 Å². The molecular formula is C26H32N4O5. The van der Waals surface area contributed by atoms with Crippen molar-refractivity contribution in [3.05, 3.63) is 54.1 Å². The smallest absolute Gasteiger partial charge is 0.410 e. The number of rotatable bonds is 5. The number of urea groups is 1. The lowest BCUT2D eigenvalue weighted by Crippen LogP contribution is -2.50. The van der Waals surface area contributed by atoms with Crippen LogP contribution in [0.3, 0.4) is 0 Å². The van der Waals surface area contributed by atoms with E-state index in [2.05, 4.69) is 10.2 Å². The number of imide groups is 1. The van der Waals surface area contributed by atoms with Gasteiger partial charge in [0.15, 0.2) is 0 Å². The molecule has 2 aromatic carbocycles. The molecule has 0 radical (unpaired) electrons. The summed E-state index contributed by atoms with van der Waals surface area (Å²) in [7, 11) is 0. The number of hydrogen-bond acceptors (Lipinski definition) is 6. The Kier molecular flexibility index (Phi) is 7.14. The Hall–Kier alpha value is -3.75. The minimum Gasteiger partial charge on any atom is -0.487 e. The zero-order chi connectivity index (χ0) is 25.0. The fourth-order valence-electron chi connectivity index (χ4n) is 4.05. The van der Waals surface area contributed by atoms with Crippen LogP contribution in [-0.4, -0.2) is 61.3 Å². The molecule has 0 spiro atoms. The van der Waals surface area contributed by atoms with Gasteiger partial charge in [0.1, 0.15) is 18.0 Å². The van der Waals surface area contributed by atoms with Gasteiger partial charge < -0.3 is 19.3 Å². The number of ether oxygens (including phenoxy) is 2. The predicted molar refractivity (Wildman–Crippen MR) is 133 cm³/mol. The van der Waals surface area contributed by atoms with Crippen molar-refractivity contribution in [2.75, 3.05) is 42.5 Å². The Labute approximate surface area is 205 Å². The molecule has 0 saturated carbocycles. The van der Waals surface area contributed by atoms with Crippen molar-refractivity contribution < 1.29 is 23.9 Å². The number of amides is 4. The maximum atomic E-state index is 12.4. The molecule has 4 amide bonds. The van der Waals surface area contributed by atoms with Crippen molar-refractivity contribution in [1.29, 1.82) is 0 Å². The van der Waals surface area contributed by atoms with Gasteiger partial charge in [-0.3, -0.25) is 15.0 Å². The van der Waals surface area contributed by atoms with Gasteiger partial charge in [-0.05, 0) is 38.5 Å². The first kappa shape index (κ1) is 24.4. The molecule has 2 fully saturated rings. The van der Waals surface area contributed by atoms with Crippen molar-refractivity contribution >= 4 is 29.4 Å². The average molecular weight is 481 g/mol. The van der Waals surface area contributed by atoms with E-state index in [0.717, 1.165) is 11.3 Å². The summed E-state index contributed by atoms with van der Waals surface area (Å²) in [5.74, 6) is 0.369. The molecule has 4 rings (SSSR count). The SMILES string of the molecule is CC(C)(C)OC(=O)N1CCN(c2ccc(N3CCC(=O)NC3=O)cc2OCc2ccccc2)CC1. The third-order valence-corrected chi connectivity index (χ3v) is 5.82. The van der Waals surface area contributed by atoms with Crippen molar-refractivity contribution in [1.82, 2.24) is 10.2 Å². The van der Waals surface area contributed by atoms with Crippen molar-refractivity contribution in [3.8, 4) is 5.75 Å². The van der Waals surface area contributed by atoms with E-state index in [0.29, 0.717) is 50.8 Å². The van der Waals surface area contributed by atoms with E-state index in [1.54, 1.807) is 9.80 Å². The highest BCUT2D eigenvalue weighted by Crippen LogP contribution is 2.35. The summed E-state index contributed by atoms with van der Waals surface area (Å²) in [5, 5.41) is 2.36. The molecule has 2 aliphatic rings. The fraction of sp³-hybridized carbons (Fsp3) is 0.423. The highest BCUT2D eigenvalue weighted by molar-refractivity contribution is 6.05. The lowest BCUT2D eigenvalue weighted by atomic mass is 10.1. The van der Waals surface area contributed by atoms with Crippen LogP contribution in [0.1, 0.15) is 32.8 Å². The molecule has 0 aliphatic carbocycles. The number of nitrogens with zero attached hydrogens (tertiary/aromatic N) is 3. The zero-order valence-electron chi connectivity index (χ0n) is 20.5. The topological polar surface area (TPSA) is 91.4 Å². The van der Waals surface area contributed by atoms with Crippen LogP contribution >= 0.6 is 0 Å². The van der Waals surface area contributed by atoms with Crippen LogP contribution in [0.25, 0.3) is 0 Å². The summed E-state index contributed by atoms with van der Waals surface area (Å²) < 4.78 is 11.7. The second kappa shape index (κ2) is 10.2. The molecule has 0 unspecified atom stereocenters. The number of anilines is 2. The van der Waals surface area contributed by atoms with Gasteiger partial charge in [-0.15, -0.1) is 0 Å². The van der Waals surface area contributed by atoms with E-state index >= 15 is 0 Å². The molecule has 2 aliphatic heterocycles. The molecule has 186 valence electrons. The Morgan fingerprint density at radius 1 is 0.971 bits per heavy atom. The predicted octanol–water partition coefficient (Wildman–Crippen LogP) is 3.77. The molecule has 0 atom stereocenters. The van der Waals surface area contributed by atoms with Crippen molar-refractivity contribution in [3.63, 3.8) is 0 Å². The Bertz CT molecular complexity index is 1070. The van der Waals surface area contributed by atoms with Gasteiger partial charge >= 0.3 is 12.1 Å². The molecule has 2 heterocycles. The third-order valence-electron chi connectivity index (χ3n) is 5.82. The van der Waals surface area contributed by atoms with Gasteiger partial charge in [-0.25, -0.2) is 9.59 Å². The van der Waals surface area contributed by atoms with Gasteiger partial charge in [0.2, 0.25) is 5.91 Å². The second-order valence-corrected chi connectivity index (χ2v) is 9.64. The Balaban J connectivity index is 1.52. The van der Waals surface area contributed by atoms with E-state index in [-0.39, 0.29) is 18.4 Å². The summed E-state index contributed by atoms with van der Waals surface area (Å²) in [6, 6.07) is 15.1. The van der Waals surface area contributed by atoms with Crippen molar-refractivity contribution in [2.24, 2.45) is 0 Å². The summed E-state index contributed by atoms with van der Waals surface area (Å²) in [6.45, 7) is 8.58. The Morgan fingerprint density at radius 3 is 2.34 bits per heavy atom. The molecular weight excluding hydrogens is 448 g/mol. The van der Waals surface area contributed by atoms with E-state index in [1.165, 1.54) is 0 Å². The van der Waals surface area contributed by atoms with Crippen LogP contribution < -0.4 is 19.9 Å². The van der Waals surface area contributed by atoms with E-state index < -0.39 is 11.6 Å². The van der Waals surface area contributed by atoms with Crippen LogP contribution in [0.4, 0.5) is 21.0 Å². The van der Waals surface area contributed by atoms with Crippen LogP contribution in [-0.2, 0) is 16.1 Å². The van der Waals surface area contributed by atoms with E-state index in [1.807, 2.05) is 69.3 Å². The number of piperazine rings is 1. The van der Waals surface area contributed by atoms with Crippen LogP contribution in [0.2, 0.25) is 0 Å². The minimum atomic E-state index is -0.534. The van der Waals surface area contributed by atoms with Crippen LogP contribution in [0.5, 0.6) is 5.75 Å². The molecule has 1 N–H and O–H groups in total. The molecule has 35 heavy (non-hydrogen) atoms. The summed E-state index contributed by atoms with van der Waals surface area (Å²) in [6.07, 6.45) is -0.0564. The highest BCUT2D eigenvalue weighted by atomic mass is 16.6. The fourth-order valence-corrected chi connectivity index (χ4v) is 4.05. The molecule has 0 bridgehead atoms. The van der Waals surface area contributed by atoms with Gasteiger partial charge in [-0.2, -0.15) is 0 Å². The summed E-state index contributed by atoms with van der Waals surface area (Å²) >= 11 is 0. The molecule has 9 heteroatoms. The second-order valence-electron chi connectivity index (χ2n) is 9.64. The number of hydrogen-bond donors (Lipinski definition) is 1. The third kappa shape index (κ3) is 6.23. The zero-order valence-corrected chi connectivity index (χ0v) is 20.5. The van der Waals surface area contributed by atoms with Crippen LogP contribution in [0, 0.1) is 0 Å². The maximum Gasteiger partial charge on any atom is 0.410 e. The van der Waals surface area contributed by atoms with E-state index in [9.17, 15) is 14.4 Å². The monoisotopic (exact) mass is 480 g/mol. The quantitative estimate of drug-likeness (QED) is 0.701. The summed E-state index contributed by atoms with van der Waals surface area (Å²) in [4.78, 5) is 41.8. The Morgan fingerprint density at radius 2 is 1.69 bits per heavy atom. The first-order valence-corrected chi connectivity index (χ1v) is 11.8. The van der Waals surface area contributed by atoms with E-state index in [4.69, 9.17) is 9.47 Å². The van der Waals surface area contributed by atoms with Crippen molar-refractivity contribution in [2.45, 2.75) is 39.4 Å². The molecule has 2 aromatic rings.